The monoisotopic (exact) mass is 309 g/mol. The lowest BCUT2D eigenvalue weighted by molar-refractivity contribution is 0.000656. The van der Waals surface area contributed by atoms with E-state index in [4.69, 9.17) is 4.74 Å². The Hall–Kier alpha value is -1.73. The molecule has 7 heteroatoms. The molecule has 0 aromatic carbocycles. The van der Waals surface area contributed by atoms with Gasteiger partial charge in [-0.05, 0) is 33.3 Å². The Bertz CT molecular complexity index is 667. The van der Waals surface area contributed by atoms with E-state index < -0.39 is 5.97 Å². The van der Waals surface area contributed by atoms with E-state index in [-0.39, 0.29) is 5.60 Å². The van der Waals surface area contributed by atoms with Gasteiger partial charge in [0.15, 0.2) is 0 Å². The number of carbonyl (C=O) groups is 1. The highest BCUT2D eigenvalue weighted by Crippen LogP contribution is 2.33. The number of ether oxygens (including phenoxy) is 1. The molecule has 0 saturated carbocycles. The molecule has 0 bridgehead atoms. The molecule has 2 N–H and O–H groups in total. The first-order chi connectivity index (χ1) is 9.85. The van der Waals surface area contributed by atoms with Crippen molar-refractivity contribution in [3.63, 3.8) is 0 Å². The van der Waals surface area contributed by atoms with Crippen LogP contribution in [0, 0.1) is 6.92 Å². The number of aromatic nitrogens is 2. The summed E-state index contributed by atoms with van der Waals surface area (Å²) < 4.78 is 5.64. The standard InChI is InChI=1S/C14H19N3O3S/c1-5-20-14(3,4)6-15-11-9-8(2)10(13(18)19)21-12(9)17-7-16-11/h7H,5-6H2,1-4H3,(H,18,19)(H,15,16,17). The van der Waals surface area contributed by atoms with E-state index in [1.165, 1.54) is 17.7 Å². The van der Waals surface area contributed by atoms with Crippen LogP contribution in [0.1, 0.15) is 36.0 Å². The fourth-order valence-electron chi connectivity index (χ4n) is 2.15. The van der Waals surface area contributed by atoms with Crippen LogP contribution in [-0.2, 0) is 4.74 Å². The highest BCUT2D eigenvalue weighted by molar-refractivity contribution is 7.20. The lowest BCUT2D eigenvalue weighted by Gasteiger charge is -2.25. The summed E-state index contributed by atoms with van der Waals surface area (Å²) in [6.45, 7) is 8.92. The summed E-state index contributed by atoms with van der Waals surface area (Å²) in [7, 11) is 0. The maximum atomic E-state index is 11.2. The van der Waals surface area contributed by atoms with Gasteiger partial charge in [-0.25, -0.2) is 14.8 Å². The van der Waals surface area contributed by atoms with E-state index in [1.54, 1.807) is 6.92 Å². The van der Waals surface area contributed by atoms with Gasteiger partial charge in [0.05, 0.1) is 11.0 Å². The first-order valence-electron chi connectivity index (χ1n) is 6.71. The van der Waals surface area contributed by atoms with Gasteiger partial charge in [-0.3, -0.25) is 0 Å². The van der Waals surface area contributed by atoms with Crippen molar-refractivity contribution >= 4 is 33.3 Å². The third-order valence-corrected chi connectivity index (χ3v) is 4.33. The molecule has 0 spiro atoms. The van der Waals surface area contributed by atoms with E-state index in [1.807, 2.05) is 20.8 Å². The van der Waals surface area contributed by atoms with Gasteiger partial charge in [0.25, 0.3) is 0 Å². The van der Waals surface area contributed by atoms with Crippen LogP contribution in [0.4, 0.5) is 5.82 Å². The second kappa shape index (κ2) is 5.95. The zero-order valence-electron chi connectivity index (χ0n) is 12.6. The molecule has 2 aromatic rings. The van der Waals surface area contributed by atoms with E-state index in [2.05, 4.69) is 15.3 Å². The van der Waals surface area contributed by atoms with Crippen molar-refractivity contribution in [1.29, 1.82) is 0 Å². The van der Waals surface area contributed by atoms with Crippen molar-refractivity contribution in [3.05, 3.63) is 16.8 Å². The Kier molecular flexibility index (Phi) is 4.43. The van der Waals surface area contributed by atoms with Crippen LogP contribution in [0.25, 0.3) is 10.2 Å². The topological polar surface area (TPSA) is 84.3 Å². The zero-order valence-corrected chi connectivity index (χ0v) is 13.4. The van der Waals surface area contributed by atoms with Crippen LogP contribution in [0.2, 0.25) is 0 Å². The molecule has 0 saturated heterocycles. The fourth-order valence-corrected chi connectivity index (χ4v) is 3.14. The summed E-state index contributed by atoms with van der Waals surface area (Å²) >= 11 is 1.17. The van der Waals surface area contributed by atoms with Crippen molar-refractivity contribution in [2.75, 3.05) is 18.5 Å². The van der Waals surface area contributed by atoms with Gasteiger partial charge in [-0.2, -0.15) is 0 Å². The van der Waals surface area contributed by atoms with Crippen molar-refractivity contribution in [2.45, 2.75) is 33.3 Å². The third-order valence-electron chi connectivity index (χ3n) is 3.14. The van der Waals surface area contributed by atoms with Crippen LogP contribution in [0.15, 0.2) is 6.33 Å². The van der Waals surface area contributed by atoms with E-state index in [9.17, 15) is 9.90 Å². The number of rotatable bonds is 6. The first-order valence-corrected chi connectivity index (χ1v) is 7.52. The third kappa shape index (κ3) is 3.30. The van der Waals surface area contributed by atoms with E-state index in [0.717, 1.165) is 5.39 Å². The van der Waals surface area contributed by atoms with Crippen molar-refractivity contribution < 1.29 is 14.6 Å². The van der Waals surface area contributed by atoms with Gasteiger partial charge in [0.2, 0.25) is 0 Å². The number of fused-ring (bicyclic) bond motifs is 1. The molecule has 0 aliphatic carbocycles. The average Bonchev–Trinajstić information content (AvgIpc) is 2.75. The molecule has 0 atom stereocenters. The van der Waals surface area contributed by atoms with Gasteiger partial charge in [0.1, 0.15) is 21.9 Å². The van der Waals surface area contributed by atoms with Crippen LogP contribution in [-0.4, -0.2) is 39.8 Å². The quantitative estimate of drug-likeness (QED) is 0.853. The summed E-state index contributed by atoms with van der Waals surface area (Å²) in [6.07, 6.45) is 1.44. The van der Waals surface area contributed by atoms with Gasteiger partial charge >= 0.3 is 5.97 Å². The lowest BCUT2D eigenvalue weighted by Crippen LogP contribution is -2.33. The maximum Gasteiger partial charge on any atom is 0.346 e. The lowest BCUT2D eigenvalue weighted by atomic mass is 10.1. The maximum absolute atomic E-state index is 11.2. The first kappa shape index (κ1) is 15.7. The second-order valence-electron chi connectivity index (χ2n) is 5.31. The van der Waals surface area contributed by atoms with Crippen LogP contribution in [0.3, 0.4) is 0 Å². The van der Waals surface area contributed by atoms with Crippen molar-refractivity contribution in [1.82, 2.24) is 9.97 Å². The van der Waals surface area contributed by atoms with Crippen molar-refractivity contribution in [2.24, 2.45) is 0 Å². The number of hydrogen-bond acceptors (Lipinski definition) is 6. The van der Waals surface area contributed by atoms with Gasteiger partial charge in [-0.15, -0.1) is 11.3 Å². The number of thiophene rings is 1. The minimum absolute atomic E-state index is 0.303. The molecular formula is C14H19N3O3S. The molecule has 0 amide bonds. The Morgan fingerprint density at radius 2 is 2.19 bits per heavy atom. The molecule has 114 valence electrons. The SMILES string of the molecule is CCOC(C)(C)CNc1ncnc2sc(C(=O)O)c(C)c12. The fraction of sp³-hybridized carbons (Fsp3) is 0.500. The Labute approximate surface area is 127 Å². The molecule has 0 aliphatic rings. The van der Waals surface area contributed by atoms with Gasteiger partial charge in [0, 0.05) is 13.2 Å². The number of carboxylic acids is 1. The zero-order chi connectivity index (χ0) is 15.6. The van der Waals surface area contributed by atoms with Crippen molar-refractivity contribution in [3.8, 4) is 0 Å². The number of aromatic carboxylic acids is 1. The minimum atomic E-state index is -0.934. The molecule has 0 fully saturated rings. The van der Waals surface area contributed by atoms with Gasteiger partial charge < -0.3 is 15.2 Å². The molecule has 0 aliphatic heterocycles. The minimum Gasteiger partial charge on any atom is -0.477 e. The molecule has 6 nitrogen and oxygen atoms in total. The summed E-state index contributed by atoms with van der Waals surface area (Å²) in [4.78, 5) is 20.6. The molecule has 0 radical (unpaired) electrons. The predicted octanol–water partition coefficient (Wildman–Crippen LogP) is 2.92. The summed E-state index contributed by atoms with van der Waals surface area (Å²) in [5, 5.41) is 13.2. The summed E-state index contributed by atoms with van der Waals surface area (Å²) in [6, 6.07) is 0. The van der Waals surface area contributed by atoms with E-state index >= 15 is 0 Å². The molecule has 2 rings (SSSR count). The molecule has 2 aromatic heterocycles. The summed E-state index contributed by atoms with van der Waals surface area (Å²) in [5.74, 6) is -0.287. The smallest absolute Gasteiger partial charge is 0.346 e. The highest BCUT2D eigenvalue weighted by atomic mass is 32.1. The highest BCUT2D eigenvalue weighted by Gasteiger charge is 2.21. The van der Waals surface area contributed by atoms with Crippen LogP contribution in [0.5, 0.6) is 0 Å². The second-order valence-corrected chi connectivity index (χ2v) is 6.31. The Morgan fingerprint density at radius 3 is 2.81 bits per heavy atom. The number of carboxylic acid groups (broad SMARTS) is 1. The Morgan fingerprint density at radius 1 is 1.48 bits per heavy atom. The number of nitrogens with zero attached hydrogens (tertiary/aromatic N) is 2. The average molecular weight is 309 g/mol. The summed E-state index contributed by atoms with van der Waals surface area (Å²) in [5.41, 5.74) is 0.366. The van der Waals surface area contributed by atoms with Crippen LogP contribution >= 0.6 is 11.3 Å². The van der Waals surface area contributed by atoms with E-state index in [0.29, 0.717) is 34.2 Å². The van der Waals surface area contributed by atoms with Crippen LogP contribution < -0.4 is 5.32 Å². The van der Waals surface area contributed by atoms with Gasteiger partial charge in [-0.1, -0.05) is 0 Å². The molecule has 0 unspecified atom stereocenters. The Balaban J connectivity index is 2.34. The number of aryl methyl sites for hydroxylation is 1. The predicted molar refractivity (Wildman–Crippen MR) is 83.3 cm³/mol. The largest absolute Gasteiger partial charge is 0.477 e. The number of nitrogens with one attached hydrogen (secondary N) is 1. The molecule has 21 heavy (non-hydrogen) atoms. The number of anilines is 1. The molecular weight excluding hydrogens is 290 g/mol. The molecule has 2 heterocycles. The normalized spacial score (nSPS) is 11.8. The number of hydrogen-bond donors (Lipinski definition) is 2.